The maximum absolute atomic E-state index is 9.48. The Morgan fingerprint density at radius 2 is 1.89 bits per heavy atom. The van der Waals surface area contributed by atoms with Gasteiger partial charge in [0.1, 0.15) is 0 Å². The second kappa shape index (κ2) is 9.15. The number of hydrogen-bond donors (Lipinski definition) is 1. The topological polar surface area (TPSA) is 41.9 Å². The lowest BCUT2D eigenvalue weighted by Crippen LogP contribution is -2.30. The molecule has 0 saturated heterocycles. The lowest BCUT2D eigenvalue weighted by molar-refractivity contribution is 0.191. The van der Waals surface area contributed by atoms with Crippen LogP contribution in [0, 0.1) is 0 Å². The van der Waals surface area contributed by atoms with Gasteiger partial charge < -0.3 is 19.5 Å². The number of rotatable bonds is 9. The van der Waals surface area contributed by atoms with Crippen molar-refractivity contribution in [2.45, 2.75) is 13.0 Å². The van der Waals surface area contributed by atoms with Crippen LogP contribution in [-0.4, -0.2) is 45.6 Å². The Kier molecular flexibility index (Phi) is 7.82. The summed E-state index contributed by atoms with van der Waals surface area (Å²) in [5.74, 6) is 0. The van der Waals surface area contributed by atoms with E-state index in [1.807, 2.05) is 12.1 Å². The third-order valence-electron chi connectivity index (χ3n) is 2.93. The van der Waals surface area contributed by atoms with Crippen LogP contribution in [0.25, 0.3) is 0 Å². The molecule has 0 unspecified atom stereocenters. The van der Waals surface area contributed by atoms with Gasteiger partial charge in [-0.1, -0.05) is 17.7 Å². The first-order valence-electron chi connectivity index (χ1n) is 6.35. The largest absolute Gasteiger partial charge is 0.392 e. The molecular formula is C14H22ClNO3. The normalized spacial score (nSPS) is 10.7. The Morgan fingerprint density at radius 3 is 2.53 bits per heavy atom. The molecule has 0 atom stereocenters. The van der Waals surface area contributed by atoms with Crippen molar-refractivity contribution in [3.05, 3.63) is 28.8 Å². The molecule has 1 N–H and O–H groups in total. The highest BCUT2D eigenvalue weighted by Crippen LogP contribution is 2.27. The minimum absolute atomic E-state index is 0.0667. The van der Waals surface area contributed by atoms with E-state index in [1.165, 1.54) is 0 Å². The van der Waals surface area contributed by atoms with Crippen LogP contribution >= 0.6 is 11.6 Å². The van der Waals surface area contributed by atoms with Gasteiger partial charge in [0.05, 0.1) is 13.2 Å². The van der Waals surface area contributed by atoms with Crippen LogP contribution in [0.15, 0.2) is 18.2 Å². The third kappa shape index (κ3) is 4.99. The first-order chi connectivity index (χ1) is 9.24. The predicted molar refractivity (Wildman–Crippen MR) is 78.0 cm³/mol. The molecule has 108 valence electrons. The molecule has 0 spiro atoms. The van der Waals surface area contributed by atoms with Gasteiger partial charge in [-0.05, 0) is 18.6 Å². The summed E-state index contributed by atoms with van der Waals surface area (Å²) in [7, 11) is 3.37. The van der Waals surface area contributed by atoms with E-state index in [0.29, 0.717) is 18.2 Å². The molecule has 1 rings (SSSR count). The van der Waals surface area contributed by atoms with Crippen molar-refractivity contribution < 1.29 is 14.6 Å². The van der Waals surface area contributed by atoms with Gasteiger partial charge in [0.15, 0.2) is 0 Å². The van der Waals surface area contributed by atoms with Crippen molar-refractivity contribution in [2.24, 2.45) is 0 Å². The summed E-state index contributed by atoms with van der Waals surface area (Å²) in [4.78, 5) is 2.17. The van der Waals surface area contributed by atoms with Crippen molar-refractivity contribution in [1.29, 1.82) is 0 Å². The number of halogens is 1. The van der Waals surface area contributed by atoms with Gasteiger partial charge in [-0.2, -0.15) is 0 Å². The molecule has 1 aromatic carbocycles. The number of ether oxygens (including phenoxy) is 2. The third-order valence-corrected chi connectivity index (χ3v) is 3.29. The zero-order valence-electron chi connectivity index (χ0n) is 11.6. The van der Waals surface area contributed by atoms with E-state index in [-0.39, 0.29) is 6.61 Å². The van der Waals surface area contributed by atoms with E-state index >= 15 is 0 Å². The molecule has 0 aliphatic heterocycles. The van der Waals surface area contributed by atoms with Crippen LogP contribution in [0.5, 0.6) is 0 Å². The maximum atomic E-state index is 9.48. The van der Waals surface area contributed by atoms with E-state index in [4.69, 9.17) is 21.1 Å². The van der Waals surface area contributed by atoms with Gasteiger partial charge in [-0.3, -0.25) is 0 Å². The molecule has 0 aliphatic rings. The average molecular weight is 288 g/mol. The zero-order chi connectivity index (χ0) is 14.1. The van der Waals surface area contributed by atoms with E-state index in [2.05, 4.69) is 4.90 Å². The summed E-state index contributed by atoms with van der Waals surface area (Å²) in [5, 5.41) is 10.1. The van der Waals surface area contributed by atoms with Gasteiger partial charge in [0.25, 0.3) is 0 Å². The molecule has 19 heavy (non-hydrogen) atoms. The molecule has 0 aliphatic carbocycles. The minimum atomic E-state index is -0.0667. The summed E-state index contributed by atoms with van der Waals surface area (Å²) in [6, 6.07) is 5.66. The molecule has 1 aromatic rings. The van der Waals surface area contributed by atoms with Crippen LogP contribution in [0.1, 0.15) is 12.0 Å². The Hall–Kier alpha value is -0.810. The standard InChI is InChI=1S/C14H22ClNO3/c1-18-9-4-7-16(8-10-19-2)14-6-3-5-13(15)12(14)11-17/h3,5-6,17H,4,7-11H2,1-2H3. The molecule has 0 aromatic heterocycles. The van der Waals surface area contributed by atoms with E-state index in [9.17, 15) is 5.11 Å². The Morgan fingerprint density at radius 1 is 1.16 bits per heavy atom. The molecule has 4 nitrogen and oxygen atoms in total. The van der Waals surface area contributed by atoms with Crippen molar-refractivity contribution in [2.75, 3.05) is 45.4 Å². The van der Waals surface area contributed by atoms with E-state index < -0.39 is 0 Å². The number of anilines is 1. The van der Waals surface area contributed by atoms with Crippen molar-refractivity contribution in [1.82, 2.24) is 0 Å². The summed E-state index contributed by atoms with van der Waals surface area (Å²) < 4.78 is 10.2. The number of methoxy groups -OCH3 is 2. The first kappa shape index (κ1) is 16.2. The smallest absolute Gasteiger partial charge is 0.0716 e. The van der Waals surface area contributed by atoms with Crippen molar-refractivity contribution in [3.63, 3.8) is 0 Å². The summed E-state index contributed by atoms with van der Waals surface area (Å²) in [6.45, 7) is 2.86. The molecule has 0 radical (unpaired) electrons. The zero-order valence-corrected chi connectivity index (χ0v) is 12.3. The van der Waals surface area contributed by atoms with Crippen LogP contribution in [0.4, 0.5) is 5.69 Å². The van der Waals surface area contributed by atoms with Gasteiger partial charge in [-0.25, -0.2) is 0 Å². The highest BCUT2D eigenvalue weighted by atomic mass is 35.5. The van der Waals surface area contributed by atoms with E-state index in [1.54, 1.807) is 20.3 Å². The van der Waals surface area contributed by atoms with Crippen molar-refractivity contribution >= 4 is 17.3 Å². The van der Waals surface area contributed by atoms with Gasteiger partial charge in [0, 0.05) is 50.2 Å². The second-order valence-corrected chi connectivity index (χ2v) is 4.63. The molecule has 0 saturated carbocycles. The maximum Gasteiger partial charge on any atom is 0.0716 e. The quantitative estimate of drug-likeness (QED) is 0.708. The van der Waals surface area contributed by atoms with Crippen LogP contribution in [0.2, 0.25) is 5.02 Å². The number of aliphatic hydroxyl groups is 1. The van der Waals surface area contributed by atoms with Gasteiger partial charge in [0.2, 0.25) is 0 Å². The Balaban J connectivity index is 2.85. The van der Waals surface area contributed by atoms with E-state index in [0.717, 1.165) is 30.8 Å². The van der Waals surface area contributed by atoms with Gasteiger partial charge >= 0.3 is 0 Å². The predicted octanol–water partition coefficient (Wildman–Crippen LogP) is 2.32. The fourth-order valence-electron chi connectivity index (χ4n) is 1.95. The molecule has 0 fully saturated rings. The second-order valence-electron chi connectivity index (χ2n) is 4.22. The molecule has 0 amide bonds. The van der Waals surface area contributed by atoms with Crippen LogP contribution < -0.4 is 4.90 Å². The number of aliphatic hydroxyl groups excluding tert-OH is 1. The molecule has 0 bridgehead atoms. The summed E-state index contributed by atoms with van der Waals surface area (Å²) >= 11 is 6.13. The summed E-state index contributed by atoms with van der Waals surface area (Å²) in [6.07, 6.45) is 0.914. The molecule has 0 heterocycles. The number of nitrogens with zero attached hydrogens (tertiary/aromatic N) is 1. The Bertz CT molecular complexity index is 374. The van der Waals surface area contributed by atoms with Crippen LogP contribution in [0.3, 0.4) is 0 Å². The highest BCUT2D eigenvalue weighted by molar-refractivity contribution is 6.31. The summed E-state index contributed by atoms with van der Waals surface area (Å²) in [5.41, 5.74) is 1.72. The minimum Gasteiger partial charge on any atom is -0.392 e. The Labute approximate surface area is 119 Å². The average Bonchev–Trinajstić information content (AvgIpc) is 2.42. The fourth-order valence-corrected chi connectivity index (χ4v) is 2.18. The number of benzene rings is 1. The molecule has 5 heteroatoms. The lowest BCUT2D eigenvalue weighted by Gasteiger charge is -2.27. The SMILES string of the molecule is COCCCN(CCOC)c1cccc(Cl)c1CO. The fraction of sp³-hybridized carbons (Fsp3) is 0.571. The first-order valence-corrected chi connectivity index (χ1v) is 6.73. The number of hydrogen-bond acceptors (Lipinski definition) is 4. The highest BCUT2D eigenvalue weighted by Gasteiger charge is 2.13. The monoisotopic (exact) mass is 287 g/mol. The van der Waals surface area contributed by atoms with Gasteiger partial charge in [-0.15, -0.1) is 0 Å². The lowest BCUT2D eigenvalue weighted by atomic mass is 10.1. The molecular weight excluding hydrogens is 266 g/mol. The van der Waals surface area contributed by atoms with Crippen molar-refractivity contribution in [3.8, 4) is 0 Å². The van der Waals surface area contributed by atoms with Crippen LogP contribution in [-0.2, 0) is 16.1 Å².